The third-order valence-electron chi connectivity index (χ3n) is 5.20. The van der Waals surface area contributed by atoms with Gasteiger partial charge in [0.05, 0.1) is 18.7 Å². The molecule has 0 saturated heterocycles. The van der Waals surface area contributed by atoms with Crippen molar-refractivity contribution in [1.82, 2.24) is 9.97 Å². The van der Waals surface area contributed by atoms with Gasteiger partial charge in [-0.2, -0.15) is 5.26 Å². The van der Waals surface area contributed by atoms with Crippen molar-refractivity contribution in [3.63, 3.8) is 0 Å². The Labute approximate surface area is 176 Å². The van der Waals surface area contributed by atoms with Gasteiger partial charge in [0.15, 0.2) is 0 Å². The molecular formula is C26H23N3O. The number of hydrogen-bond donors (Lipinski definition) is 1. The van der Waals surface area contributed by atoms with E-state index in [-0.39, 0.29) is 0 Å². The van der Waals surface area contributed by atoms with Gasteiger partial charge < -0.3 is 9.72 Å². The monoisotopic (exact) mass is 393 g/mol. The molecule has 4 heteroatoms. The zero-order valence-corrected chi connectivity index (χ0v) is 17.1. The number of ether oxygens (including phenoxy) is 1. The van der Waals surface area contributed by atoms with Crippen LogP contribution in [0, 0.1) is 18.3 Å². The maximum Gasteiger partial charge on any atom is 0.119 e. The van der Waals surface area contributed by atoms with Gasteiger partial charge in [-0.3, -0.25) is 0 Å². The summed E-state index contributed by atoms with van der Waals surface area (Å²) < 4.78 is 5.35. The van der Waals surface area contributed by atoms with Crippen LogP contribution in [-0.2, 0) is 12.8 Å². The minimum Gasteiger partial charge on any atom is -0.497 e. The van der Waals surface area contributed by atoms with Crippen molar-refractivity contribution >= 4 is 0 Å². The molecule has 4 nitrogen and oxygen atoms in total. The van der Waals surface area contributed by atoms with Gasteiger partial charge in [0.1, 0.15) is 11.6 Å². The number of nitriles is 1. The van der Waals surface area contributed by atoms with Crippen molar-refractivity contribution < 1.29 is 4.74 Å². The molecule has 1 aromatic heterocycles. The summed E-state index contributed by atoms with van der Waals surface area (Å²) >= 11 is 0. The third-order valence-corrected chi connectivity index (χ3v) is 5.20. The molecule has 148 valence electrons. The lowest BCUT2D eigenvalue weighted by Gasteiger charge is -2.10. The first-order valence-electron chi connectivity index (χ1n) is 9.90. The lowest BCUT2D eigenvalue weighted by Crippen LogP contribution is -1.94. The molecule has 0 radical (unpaired) electrons. The molecule has 1 N–H and O–H groups in total. The summed E-state index contributed by atoms with van der Waals surface area (Å²) in [6, 6.07) is 24.5. The lowest BCUT2D eigenvalue weighted by atomic mass is 9.97. The van der Waals surface area contributed by atoms with Gasteiger partial charge >= 0.3 is 0 Å². The van der Waals surface area contributed by atoms with Crippen LogP contribution in [0.4, 0.5) is 0 Å². The highest BCUT2D eigenvalue weighted by Crippen LogP contribution is 2.27. The minimum absolute atomic E-state index is 0.678. The van der Waals surface area contributed by atoms with E-state index in [0.717, 1.165) is 41.2 Å². The maximum atomic E-state index is 8.91. The molecule has 0 aliphatic heterocycles. The smallest absolute Gasteiger partial charge is 0.119 e. The number of nitrogens with zero attached hydrogens (tertiary/aromatic N) is 2. The molecule has 0 spiro atoms. The van der Waals surface area contributed by atoms with Crippen LogP contribution in [0.3, 0.4) is 0 Å². The Morgan fingerprint density at radius 2 is 1.77 bits per heavy atom. The second-order valence-corrected chi connectivity index (χ2v) is 7.40. The highest BCUT2D eigenvalue weighted by Gasteiger charge is 2.07. The van der Waals surface area contributed by atoms with Crippen molar-refractivity contribution in [2.24, 2.45) is 0 Å². The Bertz CT molecular complexity index is 1200. The Morgan fingerprint density at radius 1 is 0.967 bits per heavy atom. The number of nitrogens with one attached hydrogen (secondary N) is 1. The predicted octanol–water partition coefficient (Wildman–Crippen LogP) is 5.45. The van der Waals surface area contributed by atoms with Crippen LogP contribution >= 0.6 is 0 Å². The highest BCUT2D eigenvalue weighted by atomic mass is 16.5. The molecular weight excluding hydrogens is 370 g/mol. The van der Waals surface area contributed by atoms with Gasteiger partial charge in [-0.05, 0) is 59.0 Å². The van der Waals surface area contributed by atoms with E-state index in [1.165, 1.54) is 16.7 Å². The largest absolute Gasteiger partial charge is 0.497 e. The molecule has 0 bridgehead atoms. The number of imidazole rings is 1. The molecule has 0 aliphatic carbocycles. The van der Waals surface area contributed by atoms with Crippen LogP contribution in [0.1, 0.15) is 33.8 Å². The molecule has 30 heavy (non-hydrogen) atoms. The highest BCUT2D eigenvalue weighted by molar-refractivity contribution is 5.69. The molecule has 1 heterocycles. The maximum absolute atomic E-state index is 8.91. The van der Waals surface area contributed by atoms with Gasteiger partial charge in [-0.25, -0.2) is 4.98 Å². The van der Waals surface area contributed by atoms with E-state index in [9.17, 15) is 0 Å². The SMILES string of the molecule is COc1cccc(-c2ccc(Cc3ncc(Cc4ccc(C#N)cc4)[nH]3)cc2C)c1. The van der Waals surface area contributed by atoms with E-state index in [1.807, 2.05) is 42.6 Å². The third kappa shape index (κ3) is 4.42. The van der Waals surface area contributed by atoms with Gasteiger partial charge in [0, 0.05) is 24.7 Å². The molecule has 0 unspecified atom stereocenters. The number of H-pyrrole nitrogens is 1. The van der Waals surface area contributed by atoms with Crippen molar-refractivity contribution in [3.05, 3.63) is 107 Å². The van der Waals surface area contributed by atoms with Gasteiger partial charge in [0.25, 0.3) is 0 Å². The number of hydrogen-bond acceptors (Lipinski definition) is 3. The molecule has 0 fully saturated rings. The summed E-state index contributed by atoms with van der Waals surface area (Å²) in [6.45, 7) is 2.14. The predicted molar refractivity (Wildman–Crippen MR) is 119 cm³/mol. The number of aromatic amines is 1. The summed E-state index contributed by atoms with van der Waals surface area (Å²) in [7, 11) is 1.69. The van der Waals surface area contributed by atoms with E-state index in [4.69, 9.17) is 10.00 Å². The number of aromatic nitrogens is 2. The fourth-order valence-electron chi connectivity index (χ4n) is 3.65. The standard InChI is InChI=1S/C26H23N3O/c1-18-12-21(10-11-25(18)22-4-3-5-24(15-22)30-2)14-26-28-17-23(29-26)13-19-6-8-20(16-27)9-7-19/h3-12,15,17H,13-14H2,1-2H3,(H,28,29). The van der Waals surface area contributed by atoms with Crippen molar-refractivity contribution in [1.29, 1.82) is 5.26 Å². The average Bonchev–Trinajstić information content (AvgIpc) is 3.21. The fraction of sp³-hybridized carbons (Fsp3) is 0.154. The van der Waals surface area contributed by atoms with Crippen LogP contribution in [0.2, 0.25) is 0 Å². The van der Waals surface area contributed by atoms with E-state index in [0.29, 0.717) is 5.56 Å². The van der Waals surface area contributed by atoms with E-state index >= 15 is 0 Å². The van der Waals surface area contributed by atoms with Crippen LogP contribution in [-0.4, -0.2) is 17.1 Å². The molecule has 0 atom stereocenters. The second-order valence-electron chi connectivity index (χ2n) is 7.40. The minimum atomic E-state index is 0.678. The molecule has 0 aliphatic rings. The van der Waals surface area contributed by atoms with Crippen LogP contribution in [0.15, 0.2) is 72.9 Å². The number of methoxy groups -OCH3 is 1. The van der Waals surface area contributed by atoms with Crippen molar-refractivity contribution in [2.45, 2.75) is 19.8 Å². The molecule has 0 amide bonds. The van der Waals surface area contributed by atoms with Crippen LogP contribution in [0.25, 0.3) is 11.1 Å². The average molecular weight is 393 g/mol. The summed E-state index contributed by atoms with van der Waals surface area (Å²) in [5, 5.41) is 8.91. The number of benzene rings is 3. The molecule has 3 aromatic carbocycles. The number of rotatable bonds is 6. The van der Waals surface area contributed by atoms with Gasteiger partial charge in [-0.15, -0.1) is 0 Å². The zero-order valence-electron chi connectivity index (χ0n) is 17.1. The molecule has 4 rings (SSSR count). The number of aryl methyl sites for hydroxylation is 1. The first-order chi connectivity index (χ1) is 14.6. The Kier molecular flexibility index (Phi) is 5.63. The molecule has 4 aromatic rings. The van der Waals surface area contributed by atoms with E-state index in [2.05, 4.69) is 53.3 Å². The second kappa shape index (κ2) is 8.67. The summed E-state index contributed by atoms with van der Waals surface area (Å²) in [5.41, 5.74) is 7.71. The first kappa shape index (κ1) is 19.5. The fourth-order valence-corrected chi connectivity index (χ4v) is 3.65. The van der Waals surface area contributed by atoms with Crippen LogP contribution < -0.4 is 4.74 Å². The quantitative estimate of drug-likeness (QED) is 0.474. The molecule has 0 saturated carbocycles. The van der Waals surface area contributed by atoms with E-state index in [1.54, 1.807) is 7.11 Å². The van der Waals surface area contributed by atoms with Crippen molar-refractivity contribution in [2.75, 3.05) is 7.11 Å². The van der Waals surface area contributed by atoms with E-state index < -0.39 is 0 Å². The van der Waals surface area contributed by atoms with Gasteiger partial charge in [0.2, 0.25) is 0 Å². The summed E-state index contributed by atoms with van der Waals surface area (Å²) in [5.74, 6) is 1.81. The van der Waals surface area contributed by atoms with Crippen molar-refractivity contribution in [3.8, 4) is 22.9 Å². The zero-order chi connectivity index (χ0) is 20.9. The van der Waals surface area contributed by atoms with Crippen LogP contribution in [0.5, 0.6) is 5.75 Å². The van der Waals surface area contributed by atoms with Gasteiger partial charge in [-0.1, -0.05) is 42.5 Å². The Hall–Kier alpha value is -3.84. The summed E-state index contributed by atoms with van der Waals surface area (Å²) in [4.78, 5) is 7.98. The Balaban J connectivity index is 1.47. The Morgan fingerprint density at radius 3 is 2.50 bits per heavy atom. The lowest BCUT2D eigenvalue weighted by molar-refractivity contribution is 0.415. The topological polar surface area (TPSA) is 61.7 Å². The first-order valence-corrected chi connectivity index (χ1v) is 9.90. The summed E-state index contributed by atoms with van der Waals surface area (Å²) in [6.07, 6.45) is 3.42. The normalized spacial score (nSPS) is 10.6.